The van der Waals surface area contributed by atoms with Gasteiger partial charge in [-0.05, 0) is 44.4 Å². The van der Waals surface area contributed by atoms with Crippen molar-refractivity contribution in [3.63, 3.8) is 0 Å². The van der Waals surface area contributed by atoms with Gasteiger partial charge >= 0.3 is 0 Å². The Balaban J connectivity index is 1.99. The number of anilines is 1. The first kappa shape index (κ1) is 18.2. The first-order valence-corrected chi connectivity index (χ1v) is 10.1. The van der Waals surface area contributed by atoms with Crippen LogP contribution in [0.3, 0.4) is 0 Å². The minimum Gasteiger partial charge on any atom is -0.368 e. The molecule has 0 aromatic heterocycles. The standard InChI is InChI=1S/C17H27FN2O2S/c1-4-23(21,22)12-14(3)19-15-6-5-9-20(11-15)17-10-13(2)7-8-16(17)18/h7-8,10,14-15,19H,4-6,9,11-12H2,1-3H3/t14-,15+/m0/s1. The van der Waals surface area contributed by atoms with Crippen LogP contribution in [0, 0.1) is 12.7 Å². The molecule has 130 valence electrons. The van der Waals surface area contributed by atoms with Gasteiger partial charge in [0.2, 0.25) is 0 Å². The fraction of sp³-hybridized carbons (Fsp3) is 0.647. The van der Waals surface area contributed by atoms with Crippen LogP contribution in [0.2, 0.25) is 0 Å². The summed E-state index contributed by atoms with van der Waals surface area (Å²) in [6.07, 6.45) is 1.96. The van der Waals surface area contributed by atoms with Crippen molar-refractivity contribution in [1.82, 2.24) is 5.32 Å². The summed E-state index contributed by atoms with van der Waals surface area (Å²) in [5, 5.41) is 3.40. The summed E-state index contributed by atoms with van der Waals surface area (Å²) in [5.41, 5.74) is 1.68. The molecule has 23 heavy (non-hydrogen) atoms. The molecule has 1 aromatic carbocycles. The van der Waals surface area contributed by atoms with Gasteiger partial charge in [0.25, 0.3) is 0 Å². The van der Waals surface area contributed by atoms with Crippen molar-refractivity contribution in [3.8, 4) is 0 Å². The van der Waals surface area contributed by atoms with E-state index in [9.17, 15) is 12.8 Å². The Bertz CT molecular complexity index is 633. The zero-order chi connectivity index (χ0) is 17.0. The molecule has 1 aliphatic rings. The fourth-order valence-corrected chi connectivity index (χ4v) is 4.24. The number of rotatable bonds is 6. The lowest BCUT2D eigenvalue weighted by molar-refractivity contribution is 0.392. The quantitative estimate of drug-likeness (QED) is 0.863. The summed E-state index contributed by atoms with van der Waals surface area (Å²) in [4.78, 5) is 2.06. The minimum atomic E-state index is -2.98. The lowest BCUT2D eigenvalue weighted by atomic mass is 10.0. The average Bonchev–Trinajstić information content (AvgIpc) is 2.49. The number of piperidine rings is 1. The predicted octanol–water partition coefficient (Wildman–Crippen LogP) is 2.52. The molecule has 1 aromatic rings. The number of hydrogen-bond donors (Lipinski definition) is 1. The third-order valence-electron chi connectivity index (χ3n) is 4.33. The normalized spacial score (nSPS) is 20.5. The van der Waals surface area contributed by atoms with Crippen LogP contribution < -0.4 is 10.2 Å². The fourth-order valence-electron chi connectivity index (χ4n) is 3.15. The van der Waals surface area contributed by atoms with Gasteiger partial charge in [-0.15, -0.1) is 0 Å². The van der Waals surface area contributed by atoms with Crippen molar-refractivity contribution in [2.45, 2.75) is 45.7 Å². The SMILES string of the molecule is CCS(=O)(=O)C[C@H](C)N[C@@H]1CCCN(c2cc(C)ccc2F)C1. The van der Waals surface area contributed by atoms with E-state index in [0.29, 0.717) is 12.2 Å². The molecule has 2 rings (SSSR count). The molecule has 0 aliphatic carbocycles. The van der Waals surface area contributed by atoms with Gasteiger partial charge in [0, 0.05) is 30.9 Å². The van der Waals surface area contributed by atoms with E-state index in [1.807, 2.05) is 19.9 Å². The largest absolute Gasteiger partial charge is 0.368 e. The van der Waals surface area contributed by atoms with Crippen LogP contribution in [0.15, 0.2) is 18.2 Å². The molecule has 1 heterocycles. The maximum atomic E-state index is 14.1. The van der Waals surface area contributed by atoms with E-state index >= 15 is 0 Å². The lowest BCUT2D eigenvalue weighted by Crippen LogP contribution is -2.50. The third-order valence-corrected chi connectivity index (χ3v) is 6.22. The molecular formula is C17H27FN2O2S. The van der Waals surface area contributed by atoms with E-state index in [2.05, 4.69) is 10.2 Å². The van der Waals surface area contributed by atoms with Crippen molar-refractivity contribution in [2.75, 3.05) is 29.5 Å². The number of nitrogens with zero attached hydrogens (tertiary/aromatic N) is 1. The highest BCUT2D eigenvalue weighted by Gasteiger charge is 2.24. The smallest absolute Gasteiger partial charge is 0.151 e. The summed E-state index contributed by atoms with van der Waals surface area (Å²) in [6.45, 7) is 7.07. The zero-order valence-electron chi connectivity index (χ0n) is 14.2. The average molecular weight is 342 g/mol. The maximum absolute atomic E-state index is 14.1. The second kappa shape index (κ2) is 7.62. The highest BCUT2D eigenvalue weighted by molar-refractivity contribution is 7.91. The molecule has 2 atom stereocenters. The molecule has 0 unspecified atom stereocenters. The molecule has 1 fully saturated rings. The van der Waals surface area contributed by atoms with Gasteiger partial charge in [-0.1, -0.05) is 13.0 Å². The Morgan fingerprint density at radius 2 is 2.17 bits per heavy atom. The Labute approximate surface area is 139 Å². The predicted molar refractivity (Wildman–Crippen MR) is 93.3 cm³/mol. The van der Waals surface area contributed by atoms with Crippen LogP contribution in [0.4, 0.5) is 10.1 Å². The van der Waals surface area contributed by atoms with Crippen molar-refractivity contribution >= 4 is 15.5 Å². The molecule has 0 spiro atoms. The molecule has 0 radical (unpaired) electrons. The molecule has 4 nitrogen and oxygen atoms in total. The van der Waals surface area contributed by atoms with Crippen LogP contribution in [0.5, 0.6) is 0 Å². The molecule has 6 heteroatoms. The molecule has 1 N–H and O–H groups in total. The monoisotopic (exact) mass is 342 g/mol. The molecule has 0 saturated carbocycles. The number of halogens is 1. The van der Waals surface area contributed by atoms with E-state index < -0.39 is 9.84 Å². The summed E-state index contributed by atoms with van der Waals surface area (Å²) < 4.78 is 37.5. The topological polar surface area (TPSA) is 49.4 Å². The zero-order valence-corrected chi connectivity index (χ0v) is 15.0. The first-order valence-electron chi connectivity index (χ1n) is 8.28. The number of benzene rings is 1. The van der Waals surface area contributed by atoms with Crippen molar-refractivity contribution < 1.29 is 12.8 Å². The third kappa shape index (κ3) is 5.18. The van der Waals surface area contributed by atoms with Gasteiger partial charge in [-0.25, -0.2) is 12.8 Å². The van der Waals surface area contributed by atoms with Crippen LogP contribution in [0.1, 0.15) is 32.3 Å². The van der Waals surface area contributed by atoms with Crippen LogP contribution >= 0.6 is 0 Å². The van der Waals surface area contributed by atoms with E-state index in [0.717, 1.165) is 24.9 Å². The Morgan fingerprint density at radius 1 is 1.43 bits per heavy atom. The second-order valence-electron chi connectivity index (χ2n) is 6.51. The van der Waals surface area contributed by atoms with Gasteiger partial charge in [-0.3, -0.25) is 0 Å². The van der Waals surface area contributed by atoms with Gasteiger partial charge in [0.15, 0.2) is 9.84 Å². The number of sulfone groups is 1. The minimum absolute atomic E-state index is 0.0905. The molecule has 1 aliphatic heterocycles. The van der Waals surface area contributed by atoms with Crippen LogP contribution in [-0.4, -0.2) is 45.1 Å². The summed E-state index contributed by atoms with van der Waals surface area (Å²) >= 11 is 0. The second-order valence-corrected chi connectivity index (χ2v) is 8.90. The van der Waals surface area contributed by atoms with Crippen LogP contribution in [-0.2, 0) is 9.84 Å². The number of hydrogen-bond acceptors (Lipinski definition) is 4. The maximum Gasteiger partial charge on any atom is 0.151 e. The van der Waals surface area contributed by atoms with Crippen molar-refractivity contribution in [3.05, 3.63) is 29.6 Å². The summed E-state index contributed by atoms with van der Waals surface area (Å²) in [5.74, 6) is 0.126. The number of nitrogens with one attached hydrogen (secondary N) is 1. The Kier molecular flexibility index (Phi) is 6.03. The van der Waals surface area contributed by atoms with E-state index in [-0.39, 0.29) is 29.4 Å². The van der Waals surface area contributed by atoms with Crippen molar-refractivity contribution in [1.29, 1.82) is 0 Å². The van der Waals surface area contributed by atoms with Crippen molar-refractivity contribution in [2.24, 2.45) is 0 Å². The number of aryl methyl sites for hydroxylation is 1. The van der Waals surface area contributed by atoms with Gasteiger partial charge < -0.3 is 10.2 Å². The summed E-state index contributed by atoms with van der Waals surface area (Å²) in [7, 11) is -2.98. The first-order chi connectivity index (χ1) is 10.8. The van der Waals surface area contributed by atoms with Gasteiger partial charge in [-0.2, -0.15) is 0 Å². The van der Waals surface area contributed by atoms with E-state index in [1.165, 1.54) is 6.07 Å². The lowest BCUT2D eigenvalue weighted by Gasteiger charge is -2.36. The Morgan fingerprint density at radius 3 is 2.87 bits per heavy atom. The van der Waals surface area contributed by atoms with E-state index in [4.69, 9.17) is 0 Å². The molecule has 0 amide bonds. The van der Waals surface area contributed by atoms with Gasteiger partial charge in [0.1, 0.15) is 5.82 Å². The Hall–Kier alpha value is -1.14. The highest BCUT2D eigenvalue weighted by Crippen LogP contribution is 2.24. The van der Waals surface area contributed by atoms with E-state index in [1.54, 1.807) is 13.0 Å². The molecule has 0 bridgehead atoms. The van der Waals surface area contributed by atoms with Gasteiger partial charge in [0.05, 0.1) is 11.4 Å². The van der Waals surface area contributed by atoms with Crippen LogP contribution in [0.25, 0.3) is 0 Å². The molecular weight excluding hydrogens is 315 g/mol. The highest BCUT2D eigenvalue weighted by atomic mass is 32.2. The summed E-state index contributed by atoms with van der Waals surface area (Å²) in [6, 6.07) is 5.26. The molecule has 1 saturated heterocycles.